The van der Waals surface area contributed by atoms with E-state index in [1.54, 1.807) is 31.2 Å². The first-order chi connectivity index (χ1) is 15.4. The highest BCUT2D eigenvalue weighted by molar-refractivity contribution is 5.78. The van der Waals surface area contributed by atoms with Gasteiger partial charge in [-0.1, -0.05) is 18.2 Å². The van der Waals surface area contributed by atoms with Crippen LogP contribution in [0, 0.1) is 5.82 Å². The van der Waals surface area contributed by atoms with Crippen molar-refractivity contribution in [1.29, 1.82) is 0 Å². The summed E-state index contributed by atoms with van der Waals surface area (Å²) in [6.07, 6.45) is -0.372. The molecule has 148 valence electrons. The molecule has 30 heavy (non-hydrogen) atoms. The smallest absolute Gasteiger partial charge is 0.266 e. The number of para-hydroxylation sites is 1. The molecule has 3 heterocycles. The van der Waals surface area contributed by atoms with Crippen molar-refractivity contribution in [2.75, 3.05) is 5.32 Å². The number of benzene rings is 2. The van der Waals surface area contributed by atoms with Crippen LogP contribution in [0.5, 0.6) is 0 Å². The van der Waals surface area contributed by atoms with Gasteiger partial charge >= 0.3 is 0 Å². The second kappa shape index (κ2) is 7.03. The normalized spacial score (nSPS) is 13.3. The number of H-pyrrole nitrogens is 1. The van der Waals surface area contributed by atoms with Gasteiger partial charge in [0.25, 0.3) is 5.56 Å². The number of halogens is 1. The van der Waals surface area contributed by atoms with E-state index >= 15 is 0 Å². The number of fused-ring (bicyclic) bond motifs is 2. The molecule has 0 unspecified atom stereocenters. The first kappa shape index (κ1) is 15.7. The van der Waals surface area contributed by atoms with Crippen LogP contribution in [-0.2, 0) is 0 Å². The van der Waals surface area contributed by atoms with Crippen molar-refractivity contribution in [3.63, 3.8) is 0 Å². The lowest BCUT2D eigenvalue weighted by atomic mass is 10.2. The molecule has 2 aliphatic rings. The van der Waals surface area contributed by atoms with Crippen LogP contribution in [-0.4, -0.2) is 29.5 Å². The second-order valence-corrected chi connectivity index (χ2v) is 6.69. The van der Waals surface area contributed by atoms with Crippen molar-refractivity contribution < 1.29 is 7.13 Å². The van der Waals surface area contributed by atoms with Crippen LogP contribution >= 0.6 is 0 Å². The quantitative estimate of drug-likeness (QED) is 0.477. The molecular weight excluding hydrogens is 385 g/mol. The minimum atomic E-state index is -0.551. The summed E-state index contributed by atoms with van der Waals surface area (Å²) < 4.78 is 30.8. The van der Waals surface area contributed by atoms with Crippen LogP contribution < -0.4 is 10.9 Å². The zero-order valence-electron chi connectivity index (χ0n) is 17.7. The maximum absolute atomic E-state index is 13.8. The highest BCUT2D eigenvalue weighted by atomic mass is 19.1. The van der Waals surface area contributed by atoms with Gasteiger partial charge in [-0.3, -0.25) is 9.36 Å². The number of rotatable bonds is 4. The number of imidazole rings is 1. The topological polar surface area (TPSA) is 101 Å². The van der Waals surface area contributed by atoms with Gasteiger partial charge in [0.2, 0.25) is 0 Å². The van der Waals surface area contributed by atoms with Crippen LogP contribution in [0.1, 0.15) is 21.5 Å². The van der Waals surface area contributed by atoms with Crippen molar-refractivity contribution in [2.45, 2.75) is 13.0 Å². The van der Waals surface area contributed by atoms with Gasteiger partial charge in [0.05, 0.1) is 28.9 Å². The van der Waals surface area contributed by atoms with E-state index in [0.717, 1.165) is 0 Å². The largest absolute Gasteiger partial charge is 0.360 e. The molecule has 0 radical (unpaired) electrons. The average Bonchev–Trinajstić information content (AvgIpc) is 3.14. The van der Waals surface area contributed by atoms with Gasteiger partial charge in [-0.05, 0) is 37.3 Å². The van der Waals surface area contributed by atoms with Crippen LogP contribution in [0.2, 0.25) is 0 Å². The molecule has 0 bridgehead atoms. The lowest BCUT2D eigenvalue weighted by Gasteiger charge is -2.21. The number of aromatic nitrogens is 6. The van der Waals surface area contributed by atoms with E-state index in [9.17, 15) is 9.18 Å². The minimum absolute atomic E-state index is 0.158. The van der Waals surface area contributed by atoms with Crippen LogP contribution in [0.25, 0.3) is 28.1 Å². The number of nitrogens with zero attached hydrogens (tertiary/aromatic N) is 5. The fraction of sp³-hybridized carbons (Fsp3) is 0.0952. The van der Waals surface area contributed by atoms with Gasteiger partial charge in [0.1, 0.15) is 32.2 Å². The maximum atomic E-state index is 13.8. The Kier molecular flexibility index (Phi) is 3.69. The molecular formula is C21H16FN7O. The highest BCUT2D eigenvalue weighted by Crippen LogP contribution is 2.26. The molecule has 2 aliphatic heterocycles. The van der Waals surface area contributed by atoms with E-state index in [1.165, 1.54) is 22.8 Å². The summed E-state index contributed by atoms with van der Waals surface area (Å²) in [5.41, 5.74) is 0.829. The molecule has 0 amide bonds. The Morgan fingerprint density at radius 1 is 1.17 bits per heavy atom. The zero-order valence-corrected chi connectivity index (χ0v) is 15.7. The zero-order chi connectivity index (χ0) is 22.4. The SMILES string of the molecule is [2H]c1nc2nc([2H])[nH]c(N[C@@H](C)c3nc4ccc(F)cc4c(=O)n3-c3ccccc3)c-2n1. The molecule has 9 heteroatoms. The predicted molar refractivity (Wildman–Crippen MR) is 110 cm³/mol. The second-order valence-electron chi connectivity index (χ2n) is 6.69. The van der Waals surface area contributed by atoms with Crippen LogP contribution in [0.4, 0.5) is 10.2 Å². The van der Waals surface area contributed by atoms with Gasteiger partial charge in [-0.2, -0.15) is 0 Å². The van der Waals surface area contributed by atoms with Gasteiger partial charge in [-0.15, -0.1) is 0 Å². The fourth-order valence-electron chi connectivity index (χ4n) is 3.34. The summed E-state index contributed by atoms with van der Waals surface area (Å²) in [7, 11) is 0. The Hall–Kier alpha value is -4.14. The van der Waals surface area contributed by atoms with E-state index in [4.69, 9.17) is 2.74 Å². The molecule has 5 rings (SSSR count). The molecule has 3 aromatic rings. The van der Waals surface area contributed by atoms with Gasteiger partial charge in [0.15, 0.2) is 5.82 Å². The number of hydrogen-bond acceptors (Lipinski definition) is 6. The van der Waals surface area contributed by atoms with Crippen molar-refractivity contribution in [3.05, 3.63) is 83.1 Å². The number of anilines is 1. The summed E-state index contributed by atoms with van der Waals surface area (Å²) in [6, 6.07) is 12.3. The predicted octanol–water partition coefficient (Wildman–Crippen LogP) is 3.32. The third-order valence-electron chi connectivity index (χ3n) is 4.73. The Labute approximate surface area is 172 Å². The Morgan fingerprint density at radius 3 is 2.83 bits per heavy atom. The fourth-order valence-corrected chi connectivity index (χ4v) is 3.34. The van der Waals surface area contributed by atoms with Gasteiger partial charge in [-0.25, -0.2) is 24.3 Å². The molecule has 0 saturated carbocycles. The molecule has 1 aromatic heterocycles. The van der Waals surface area contributed by atoms with Crippen molar-refractivity contribution in [1.82, 2.24) is 29.5 Å². The monoisotopic (exact) mass is 403 g/mol. The molecule has 0 fully saturated rings. The standard InChI is InChI=1S/C21H16FN7O/c1-12(27-19-17-18(24-10-23-17)25-11-26-19)20-28-16-8-7-13(22)9-15(16)21(30)29(20)14-5-3-2-4-6-14/h2-12H,1H3,(H2,23,24,25,26,27)/t12-/m0/s1/i10D,11D. The van der Waals surface area contributed by atoms with Gasteiger partial charge < -0.3 is 10.3 Å². The summed E-state index contributed by atoms with van der Waals surface area (Å²) >= 11 is 0. The summed E-state index contributed by atoms with van der Waals surface area (Å²) in [4.78, 5) is 32.7. The molecule has 2 N–H and O–H groups in total. The third-order valence-corrected chi connectivity index (χ3v) is 4.73. The summed E-state index contributed by atoms with van der Waals surface area (Å²) in [5.74, 6) is 0.339. The average molecular weight is 403 g/mol. The molecule has 8 nitrogen and oxygen atoms in total. The first-order valence-electron chi connectivity index (χ1n) is 10.2. The highest BCUT2D eigenvalue weighted by Gasteiger charge is 2.21. The molecule has 0 saturated heterocycles. The van der Waals surface area contributed by atoms with E-state index in [1.807, 2.05) is 6.07 Å². The van der Waals surface area contributed by atoms with Crippen LogP contribution in [0.3, 0.4) is 0 Å². The van der Waals surface area contributed by atoms with Crippen molar-refractivity contribution >= 4 is 16.7 Å². The number of aromatic amines is 1. The van der Waals surface area contributed by atoms with Crippen molar-refractivity contribution in [2.24, 2.45) is 0 Å². The molecule has 0 spiro atoms. The van der Waals surface area contributed by atoms with E-state index < -0.39 is 17.4 Å². The summed E-state index contributed by atoms with van der Waals surface area (Å²) in [5, 5.41) is 3.33. The first-order valence-corrected chi connectivity index (χ1v) is 9.16. The molecule has 0 aliphatic carbocycles. The van der Waals surface area contributed by atoms with Crippen LogP contribution in [0.15, 0.2) is 65.9 Å². The van der Waals surface area contributed by atoms with E-state index in [0.29, 0.717) is 28.5 Å². The summed E-state index contributed by atoms with van der Waals surface area (Å²) in [6.45, 7) is 1.79. The van der Waals surface area contributed by atoms with E-state index in [2.05, 4.69) is 30.2 Å². The van der Waals surface area contributed by atoms with E-state index in [-0.39, 0.29) is 23.8 Å². The third kappa shape index (κ3) is 2.96. The molecule has 1 atom stereocenters. The lowest BCUT2D eigenvalue weighted by molar-refractivity contribution is 0.629. The van der Waals surface area contributed by atoms with Gasteiger partial charge in [0, 0.05) is 0 Å². The molecule has 2 aromatic carbocycles. The Bertz CT molecular complexity index is 1490. The maximum Gasteiger partial charge on any atom is 0.266 e. The number of nitrogens with one attached hydrogen (secondary N) is 2. The number of hydrogen-bond donors (Lipinski definition) is 2. The Balaban J connectivity index is 1.68. The van der Waals surface area contributed by atoms with Crippen molar-refractivity contribution in [3.8, 4) is 17.2 Å². The lowest BCUT2D eigenvalue weighted by Crippen LogP contribution is -2.27. The Morgan fingerprint density at radius 2 is 2.00 bits per heavy atom. The minimum Gasteiger partial charge on any atom is -0.360 e.